The molecule has 1 atom stereocenters. The molecule has 234 valence electrons. The summed E-state index contributed by atoms with van der Waals surface area (Å²) >= 11 is 18.0. The Hall–Kier alpha value is 1.80. The van der Waals surface area contributed by atoms with Crippen LogP contribution in [-0.4, -0.2) is 38.3 Å². The van der Waals surface area contributed by atoms with Crippen molar-refractivity contribution < 1.29 is 19.5 Å². The molecule has 6 aliphatic carbocycles. The molecule has 0 spiro atoms. The molecule has 0 aromatic rings. The topological polar surface area (TPSA) is 0 Å². The van der Waals surface area contributed by atoms with Crippen LogP contribution in [0.25, 0.3) is 0 Å². The van der Waals surface area contributed by atoms with Crippen molar-refractivity contribution in [2.24, 2.45) is 0 Å². The maximum Gasteiger partial charge on any atom is 0 e. The minimum absolute atomic E-state index is 0. The van der Waals surface area contributed by atoms with E-state index in [-0.39, 0.29) is 24.1 Å². The molecule has 40 heavy (non-hydrogen) atoms. The Morgan fingerprint density at radius 2 is 0.950 bits per heavy atom. The van der Waals surface area contributed by atoms with Crippen molar-refractivity contribution in [1.29, 1.82) is 0 Å². The van der Waals surface area contributed by atoms with Crippen LogP contribution in [0.4, 0.5) is 0 Å². The summed E-state index contributed by atoms with van der Waals surface area (Å²) in [6.45, 7) is 4.92. The van der Waals surface area contributed by atoms with E-state index in [2.05, 4.69) is 19.9 Å². The molecule has 0 radical (unpaired) electrons. The minimum atomic E-state index is -2.97. The van der Waals surface area contributed by atoms with Gasteiger partial charge >= 0.3 is 254 Å². The number of rotatable bonds is 9. The summed E-state index contributed by atoms with van der Waals surface area (Å²) in [7, 11) is -1.88. The Morgan fingerprint density at radius 1 is 0.625 bits per heavy atom. The Morgan fingerprint density at radius 3 is 1.27 bits per heavy atom. The molecule has 0 bridgehead atoms. The fourth-order valence-electron chi connectivity index (χ4n) is 13.0. The fourth-order valence-corrected chi connectivity index (χ4v) is 41.8. The largest absolute Gasteiger partial charge is 0 e. The first-order chi connectivity index (χ1) is 18.9. The van der Waals surface area contributed by atoms with Gasteiger partial charge in [-0.15, -0.1) is 0 Å². The second-order valence-corrected chi connectivity index (χ2v) is 30.0. The van der Waals surface area contributed by atoms with Crippen LogP contribution < -0.4 is 0 Å². The van der Waals surface area contributed by atoms with Crippen molar-refractivity contribution in [1.82, 2.24) is 0 Å². The maximum absolute atomic E-state index is 9.48. The third kappa shape index (κ3) is 4.97. The van der Waals surface area contributed by atoms with Gasteiger partial charge < -0.3 is 0 Å². The van der Waals surface area contributed by atoms with Crippen LogP contribution in [0.2, 0.25) is 0 Å². The average molecular weight is 717 g/mol. The summed E-state index contributed by atoms with van der Waals surface area (Å²) in [5, 5.41) is 0.700. The molecule has 6 rings (SSSR count). The number of hydrogen-bond donors (Lipinski definition) is 0. The van der Waals surface area contributed by atoms with Gasteiger partial charge in [0.1, 0.15) is 0 Å². The average Bonchev–Trinajstić information content (AvgIpc) is 3.75. The third-order valence-corrected chi connectivity index (χ3v) is 37.2. The van der Waals surface area contributed by atoms with Crippen molar-refractivity contribution in [3.63, 3.8) is 0 Å². The third-order valence-electron chi connectivity index (χ3n) is 14.1. The van der Waals surface area contributed by atoms with Crippen LogP contribution >= 0.6 is 36.1 Å². The summed E-state index contributed by atoms with van der Waals surface area (Å²) in [4.78, 5) is 0. The van der Waals surface area contributed by atoms with Gasteiger partial charge in [-0.1, -0.05) is 0 Å². The van der Waals surface area contributed by atoms with Crippen molar-refractivity contribution in [3.8, 4) is 0 Å². The summed E-state index contributed by atoms with van der Waals surface area (Å²) in [6.07, 6.45) is 37.7. The quantitative estimate of drug-likeness (QED) is 0.0965. The van der Waals surface area contributed by atoms with E-state index < -0.39 is 13.2 Å². The molecule has 0 aromatic heterocycles. The van der Waals surface area contributed by atoms with Gasteiger partial charge in [0.15, 0.2) is 0 Å². The summed E-state index contributed by atoms with van der Waals surface area (Å²) < 4.78 is -0.0954. The molecule has 0 N–H and O–H groups in total. The molecule has 0 aromatic carbocycles. The van der Waals surface area contributed by atoms with Gasteiger partial charge in [0.25, 0.3) is 0 Å². The van der Waals surface area contributed by atoms with E-state index in [1.165, 1.54) is 116 Å². The predicted molar refractivity (Wildman–Crippen MR) is 183 cm³/mol. The molecule has 0 amide bonds. The first kappa shape index (κ1) is 33.2. The van der Waals surface area contributed by atoms with Gasteiger partial charge in [0.2, 0.25) is 0 Å². The van der Waals surface area contributed by atoms with Gasteiger partial charge in [-0.05, 0) is 0 Å². The van der Waals surface area contributed by atoms with E-state index in [1.54, 1.807) is 44.1 Å². The Bertz CT molecular complexity index is 807. The molecule has 0 nitrogen and oxygen atoms in total. The van der Waals surface area contributed by atoms with Crippen molar-refractivity contribution in [2.75, 3.05) is 0 Å². The zero-order chi connectivity index (χ0) is 27.2. The van der Waals surface area contributed by atoms with E-state index in [4.69, 9.17) is 11.6 Å². The Balaban J connectivity index is 0.00000323. The Kier molecular flexibility index (Phi) is 11.0. The number of halogens is 2. The molecule has 6 saturated carbocycles. The predicted octanol–water partition coefficient (Wildman–Crippen LogP) is 13.0. The first-order valence-electron chi connectivity index (χ1n) is 17.9. The zero-order valence-corrected chi connectivity index (χ0v) is 31.2. The second-order valence-electron chi connectivity index (χ2n) is 15.8. The standard InChI is InChI=1S/C35H62Cl2P2.Ru/c1-28(2)27-34(38(29-15-3-4-16-29,30-17-5-6-18-30)31-19-7-8-20-31)39(37,32-21-9-10-22-32,33-23-11-12-24-33)35(36)25-13-14-26-35;/h27,29-34,38H,3-26H2,1-2H3;. The second kappa shape index (κ2) is 13.3. The molecule has 0 aliphatic heterocycles. The number of allylic oxidation sites excluding steroid dienone is 2. The van der Waals surface area contributed by atoms with Crippen LogP contribution in [0.5, 0.6) is 0 Å². The fraction of sp³-hybridized carbons (Fsp3) is 0.943. The SMILES string of the molecule is CC(C)=CC([PH](C1CCCC1)(C1CCCC1)C1CCCC1)P(Cl)(C1CCCC1)(C1CCCC1)C1(Cl)CCCC1.[Ru]. The van der Waals surface area contributed by atoms with Gasteiger partial charge in [0, 0.05) is 19.5 Å². The molecular formula is C35H62Cl2P2Ru. The smallest absolute Gasteiger partial charge is 0 e. The zero-order valence-electron chi connectivity index (χ0n) is 26.1. The number of hydrogen-bond acceptors (Lipinski definition) is 0. The molecular weight excluding hydrogens is 654 g/mol. The van der Waals surface area contributed by atoms with Crippen molar-refractivity contribution >= 4 is 36.1 Å². The monoisotopic (exact) mass is 716 g/mol. The molecule has 1 unspecified atom stereocenters. The van der Waals surface area contributed by atoms with Crippen LogP contribution in [0, 0.1) is 0 Å². The number of alkyl halides is 1. The molecule has 0 saturated heterocycles. The first-order valence-corrected chi connectivity index (χ1v) is 24.0. The van der Waals surface area contributed by atoms with E-state index in [1.807, 2.05) is 0 Å². The Labute approximate surface area is 271 Å². The van der Waals surface area contributed by atoms with E-state index in [9.17, 15) is 11.2 Å². The van der Waals surface area contributed by atoms with Crippen molar-refractivity contribution in [3.05, 3.63) is 11.6 Å². The molecule has 0 heterocycles. The van der Waals surface area contributed by atoms with Crippen LogP contribution in [0.1, 0.15) is 168 Å². The van der Waals surface area contributed by atoms with E-state index in [0.717, 1.165) is 28.3 Å². The summed E-state index contributed by atoms with van der Waals surface area (Å²) in [6, 6.07) is 0. The maximum atomic E-state index is 9.48. The normalized spacial score (nSPS) is 29.9. The van der Waals surface area contributed by atoms with E-state index in [0.29, 0.717) is 5.40 Å². The summed E-state index contributed by atoms with van der Waals surface area (Å²) in [5.74, 6) is -2.97. The van der Waals surface area contributed by atoms with Crippen LogP contribution in [-0.2, 0) is 19.5 Å². The van der Waals surface area contributed by atoms with Crippen LogP contribution in [0.15, 0.2) is 11.6 Å². The van der Waals surface area contributed by atoms with Crippen LogP contribution in [0.3, 0.4) is 0 Å². The van der Waals surface area contributed by atoms with Crippen molar-refractivity contribution in [2.45, 2.75) is 206 Å². The van der Waals surface area contributed by atoms with Gasteiger partial charge in [0.05, 0.1) is 0 Å². The van der Waals surface area contributed by atoms with Gasteiger partial charge in [-0.3, -0.25) is 0 Å². The van der Waals surface area contributed by atoms with E-state index >= 15 is 0 Å². The summed E-state index contributed by atoms with van der Waals surface area (Å²) in [5.41, 5.74) is 6.15. The van der Waals surface area contributed by atoms with Gasteiger partial charge in [-0.25, -0.2) is 0 Å². The molecule has 5 heteroatoms. The minimum Gasteiger partial charge on any atom is 0 e. The molecule has 6 aliphatic rings. The molecule has 6 fully saturated rings. The van der Waals surface area contributed by atoms with Gasteiger partial charge in [-0.2, -0.15) is 0 Å².